The van der Waals surface area contributed by atoms with Gasteiger partial charge in [-0.25, -0.2) is 0 Å². The number of likely N-dealkylation sites (tertiary alicyclic amines) is 1. The second kappa shape index (κ2) is 5.69. The molecule has 5 nitrogen and oxygen atoms in total. The van der Waals surface area contributed by atoms with Crippen molar-refractivity contribution in [2.45, 2.75) is 31.7 Å². The predicted octanol–water partition coefficient (Wildman–Crippen LogP) is 0.0652. The van der Waals surface area contributed by atoms with Crippen molar-refractivity contribution in [2.24, 2.45) is 5.92 Å². The van der Waals surface area contributed by atoms with E-state index in [9.17, 15) is 9.59 Å². The van der Waals surface area contributed by atoms with Crippen LogP contribution < -0.4 is 5.32 Å². The Morgan fingerprint density at radius 3 is 2.33 bits per heavy atom. The highest BCUT2D eigenvalue weighted by molar-refractivity contribution is 5.83. The maximum absolute atomic E-state index is 12.2. The summed E-state index contributed by atoms with van der Waals surface area (Å²) in [6, 6.07) is 0.0195. The zero-order valence-electron chi connectivity index (χ0n) is 11.3. The summed E-state index contributed by atoms with van der Waals surface area (Å²) < 4.78 is 0. The van der Waals surface area contributed by atoms with E-state index < -0.39 is 0 Å². The third kappa shape index (κ3) is 2.83. The van der Waals surface area contributed by atoms with E-state index in [1.54, 1.807) is 19.0 Å². The van der Waals surface area contributed by atoms with Crippen molar-refractivity contribution in [3.05, 3.63) is 0 Å². The lowest BCUT2D eigenvalue weighted by Crippen LogP contribution is -2.48. The molecule has 2 rings (SSSR count). The van der Waals surface area contributed by atoms with Crippen LogP contribution >= 0.6 is 0 Å². The molecular formula is C13H23N3O2. The molecule has 2 fully saturated rings. The predicted molar refractivity (Wildman–Crippen MR) is 69.0 cm³/mol. The second-order valence-corrected chi connectivity index (χ2v) is 5.48. The van der Waals surface area contributed by atoms with Gasteiger partial charge in [0, 0.05) is 33.1 Å². The van der Waals surface area contributed by atoms with Gasteiger partial charge in [-0.3, -0.25) is 9.59 Å². The van der Waals surface area contributed by atoms with Gasteiger partial charge in [0.15, 0.2) is 0 Å². The van der Waals surface area contributed by atoms with Crippen LogP contribution in [0.15, 0.2) is 0 Å². The van der Waals surface area contributed by atoms with E-state index in [0.29, 0.717) is 0 Å². The van der Waals surface area contributed by atoms with Crippen LogP contribution in [0.1, 0.15) is 25.7 Å². The largest absolute Gasteiger partial charge is 0.349 e. The van der Waals surface area contributed by atoms with Crippen LogP contribution in [-0.2, 0) is 9.59 Å². The molecule has 18 heavy (non-hydrogen) atoms. The van der Waals surface area contributed by atoms with Crippen LogP contribution in [0.2, 0.25) is 0 Å². The summed E-state index contributed by atoms with van der Waals surface area (Å²) in [7, 11) is 3.59. The molecule has 0 aromatic heterocycles. The fourth-order valence-electron chi connectivity index (χ4n) is 2.83. The topological polar surface area (TPSA) is 52.7 Å². The number of piperidine rings is 1. The number of nitrogens with zero attached hydrogens (tertiary/aromatic N) is 2. The molecule has 0 aromatic carbocycles. The van der Waals surface area contributed by atoms with Crippen LogP contribution in [0.4, 0.5) is 0 Å². The molecule has 2 saturated heterocycles. The SMILES string of the molecule is CN(C)C(=O)C1CCN(C(=O)C2CCCN2)CC1. The zero-order valence-corrected chi connectivity index (χ0v) is 11.3. The molecule has 1 unspecified atom stereocenters. The zero-order chi connectivity index (χ0) is 13.1. The van der Waals surface area contributed by atoms with Crippen molar-refractivity contribution in [1.29, 1.82) is 0 Å². The molecular weight excluding hydrogens is 230 g/mol. The van der Waals surface area contributed by atoms with Crippen LogP contribution in [0, 0.1) is 5.92 Å². The fraction of sp³-hybridized carbons (Fsp3) is 0.846. The molecule has 5 heteroatoms. The Balaban J connectivity index is 1.82. The minimum Gasteiger partial charge on any atom is -0.349 e. The molecule has 2 aliphatic heterocycles. The summed E-state index contributed by atoms with van der Waals surface area (Å²) >= 11 is 0. The monoisotopic (exact) mass is 253 g/mol. The molecule has 0 spiro atoms. The molecule has 2 amide bonds. The molecule has 0 radical (unpaired) electrons. The minimum atomic E-state index is 0.0195. The van der Waals surface area contributed by atoms with E-state index >= 15 is 0 Å². The van der Waals surface area contributed by atoms with Gasteiger partial charge in [0.05, 0.1) is 6.04 Å². The lowest BCUT2D eigenvalue weighted by molar-refractivity contribution is -0.140. The smallest absolute Gasteiger partial charge is 0.239 e. The summed E-state index contributed by atoms with van der Waals surface area (Å²) in [6.07, 6.45) is 3.65. The number of carbonyl (C=O) groups is 2. The molecule has 0 aromatic rings. The highest BCUT2D eigenvalue weighted by Crippen LogP contribution is 2.20. The van der Waals surface area contributed by atoms with E-state index in [1.165, 1.54) is 0 Å². The number of amides is 2. The molecule has 0 aliphatic carbocycles. The summed E-state index contributed by atoms with van der Waals surface area (Å²) in [4.78, 5) is 27.6. The van der Waals surface area contributed by atoms with Gasteiger partial charge in [-0.05, 0) is 32.2 Å². The molecule has 0 saturated carbocycles. The third-order valence-corrected chi connectivity index (χ3v) is 3.96. The Morgan fingerprint density at radius 1 is 1.17 bits per heavy atom. The summed E-state index contributed by atoms with van der Waals surface area (Å²) in [6.45, 7) is 2.40. The molecule has 2 aliphatic rings. The average molecular weight is 253 g/mol. The highest BCUT2D eigenvalue weighted by atomic mass is 16.2. The number of nitrogens with one attached hydrogen (secondary N) is 1. The van der Waals surface area contributed by atoms with Gasteiger partial charge in [-0.15, -0.1) is 0 Å². The second-order valence-electron chi connectivity index (χ2n) is 5.48. The van der Waals surface area contributed by atoms with E-state index in [-0.39, 0.29) is 23.8 Å². The number of rotatable bonds is 2. The number of hydrogen-bond acceptors (Lipinski definition) is 3. The first kappa shape index (κ1) is 13.3. The Kier molecular flexibility index (Phi) is 4.22. The Hall–Kier alpha value is -1.10. The molecule has 2 heterocycles. The first-order valence-electron chi connectivity index (χ1n) is 6.83. The highest BCUT2D eigenvalue weighted by Gasteiger charge is 2.32. The Labute approximate surface area is 108 Å². The van der Waals surface area contributed by atoms with Gasteiger partial charge < -0.3 is 15.1 Å². The maximum Gasteiger partial charge on any atom is 0.239 e. The molecule has 102 valence electrons. The van der Waals surface area contributed by atoms with Crippen molar-refractivity contribution in [1.82, 2.24) is 15.1 Å². The van der Waals surface area contributed by atoms with Crippen LogP contribution in [-0.4, -0.2) is 61.4 Å². The summed E-state index contributed by atoms with van der Waals surface area (Å²) in [5, 5.41) is 3.24. The van der Waals surface area contributed by atoms with Crippen LogP contribution in [0.25, 0.3) is 0 Å². The first-order chi connectivity index (χ1) is 8.59. The number of hydrogen-bond donors (Lipinski definition) is 1. The van der Waals surface area contributed by atoms with Crippen molar-refractivity contribution < 1.29 is 9.59 Å². The quantitative estimate of drug-likeness (QED) is 0.757. The van der Waals surface area contributed by atoms with Gasteiger partial charge in [0.25, 0.3) is 0 Å². The maximum atomic E-state index is 12.2. The van der Waals surface area contributed by atoms with Crippen molar-refractivity contribution in [3.8, 4) is 0 Å². The van der Waals surface area contributed by atoms with Crippen molar-refractivity contribution in [3.63, 3.8) is 0 Å². The standard InChI is InChI=1S/C13H23N3O2/c1-15(2)12(17)10-5-8-16(9-6-10)13(18)11-4-3-7-14-11/h10-11,14H,3-9H2,1-2H3. The lowest BCUT2D eigenvalue weighted by atomic mass is 9.95. The Morgan fingerprint density at radius 2 is 1.83 bits per heavy atom. The first-order valence-corrected chi connectivity index (χ1v) is 6.83. The van der Waals surface area contributed by atoms with Gasteiger partial charge >= 0.3 is 0 Å². The molecule has 1 atom stereocenters. The minimum absolute atomic E-state index is 0.0195. The Bertz CT molecular complexity index is 316. The molecule has 0 bridgehead atoms. The van der Waals surface area contributed by atoms with Gasteiger partial charge in [-0.1, -0.05) is 0 Å². The molecule has 1 N–H and O–H groups in total. The van der Waals surface area contributed by atoms with E-state index in [4.69, 9.17) is 0 Å². The number of carbonyl (C=O) groups excluding carboxylic acids is 2. The normalized spacial score (nSPS) is 25.2. The van der Waals surface area contributed by atoms with E-state index in [1.807, 2.05) is 4.90 Å². The van der Waals surface area contributed by atoms with Gasteiger partial charge in [0.1, 0.15) is 0 Å². The van der Waals surface area contributed by atoms with E-state index in [0.717, 1.165) is 45.3 Å². The summed E-state index contributed by atoms with van der Waals surface area (Å²) in [5.74, 6) is 0.518. The summed E-state index contributed by atoms with van der Waals surface area (Å²) in [5.41, 5.74) is 0. The van der Waals surface area contributed by atoms with Crippen molar-refractivity contribution in [2.75, 3.05) is 33.7 Å². The third-order valence-electron chi connectivity index (χ3n) is 3.96. The fourth-order valence-corrected chi connectivity index (χ4v) is 2.83. The van der Waals surface area contributed by atoms with E-state index in [2.05, 4.69) is 5.32 Å². The lowest BCUT2D eigenvalue weighted by Gasteiger charge is -2.33. The van der Waals surface area contributed by atoms with Gasteiger partial charge in [0.2, 0.25) is 11.8 Å². The average Bonchev–Trinajstić information content (AvgIpc) is 2.91. The van der Waals surface area contributed by atoms with Crippen LogP contribution in [0.3, 0.4) is 0 Å². The van der Waals surface area contributed by atoms with Crippen molar-refractivity contribution >= 4 is 11.8 Å². The van der Waals surface area contributed by atoms with Gasteiger partial charge in [-0.2, -0.15) is 0 Å². The van der Waals surface area contributed by atoms with Crippen LogP contribution in [0.5, 0.6) is 0 Å².